The summed E-state index contributed by atoms with van der Waals surface area (Å²) in [5, 5.41) is 21.4. The van der Waals surface area contributed by atoms with Gasteiger partial charge in [0.2, 0.25) is 12.0 Å². The molecule has 3 saturated heterocycles. The number of amides is 1. The van der Waals surface area contributed by atoms with Crippen molar-refractivity contribution in [1.29, 1.82) is 0 Å². The Morgan fingerprint density at radius 1 is 1.42 bits per heavy atom. The molecule has 36 heavy (non-hydrogen) atoms. The molecule has 4 rings (SSSR count). The zero-order valence-electron chi connectivity index (χ0n) is 18.4. The van der Waals surface area contributed by atoms with E-state index in [9.17, 15) is 38.4 Å². The number of hydrogen-bond donors (Lipinski definition) is 3. The highest BCUT2D eigenvalue weighted by Crippen LogP contribution is 2.50. The number of fused-ring (bicyclic) bond motifs is 3. The molecule has 3 fully saturated rings. The molecule has 3 aliphatic heterocycles. The van der Waals surface area contributed by atoms with Gasteiger partial charge in [0.05, 0.1) is 18.3 Å². The van der Waals surface area contributed by atoms with Crippen molar-refractivity contribution >= 4 is 74.2 Å². The lowest BCUT2D eigenvalue weighted by Crippen LogP contribution is -2.78. The minimum Gasteiger partial charge on any atom is -0.478 e. The third kappa shape index (κ3) is 4.02. The van der Waals surface area contributed by atoms with Crippen molar-refractivity contribution < 1.29 is 48.0 Å². The molecule has 0 aromatic carbocycles. The van der Waals surface area contributed by atoms with Gasteiger partial charge in [-0.25, -0.2) is 14.6 Å². The first-order valence-corrected chi connectivity index (χ1v) is 13.1. The quantitative estimate of drug-likeness (QED) is 0.154. The van der Waals surface area contributed by atoms with Crippen molar-refractivity contribution in [2.75, 3.05) is 11.5 Å². The number of aromatic nitrogens is 1. The molecule has 17 heteroatoms. The maximum Gasteiger partial charge on any atom is 0.370 e. The number of ether oxygens (including phenoxy) is 1. The van der Waals surface area contributed by atoms with Gasteiger partial charge in [-0.15, -0.1) is 0 Å². The van der Waals surface area contributed by atoms with E-state index in [2.05, 4.69) is 10.1 Å². The van der Waals surface area contributed by atoms with Crippen LogP contribution in [0.25, 0.3) is 0 Å². The molecule has 14 nitrogen and oxygen atoms in total. The smallest absolute Gasteiger partial charge is 0.370 e. The maximum absolute atomic E-state index is 13.2. The van der Waals surface area contributed by atoms with E-state index in [0.717, 1.165) is 16.2 Å². The van der Waals surface area contributed by atoms with Gasteiger partial charge in [0.1, 0.15) is 15.4 Å². The molecule has 6 atom stereocenters. The standard InChI is InChI=1S/C19H19ClN4O10S2/c1-2-9(16(28)29)34-23-11(12-13(20)35-18(21)22-12)8(25)4-7-14(27)24-15(7)36(32)5-6-3-10(26)33-19(6,24)17(30)31/h6-7,9,15H,2-5H2,1H3,(H2,21,22)(H,28,29)(H,30,31)/b23-11+/t6-,7+,9-,15+,19+,36-/m0/s1. The Kier molecular flexibility index (Phi) is 6.78. The molecule has 0 aliphatic carbocycles. The fourth-order valence-electron chi connectivity index (χ4n) is 4.44. The summed E-state index contributed by atoms with van der Waals surface area (Å²) < 4.78 is 17.9. The van der Waals surface area contributed by atoms with Gasteiger partial charge in [0, 0.05) is 23.0 Å². The number of rotatable bonds is 9. The fourth-order valence-corrected chi connectivity index (χ4v) is 7.38. The second-order valence-electron chi connectivity index (χ2n) is 8.21. The van der Waals surface area contributed by atoms with Gasteiger partial charge in [-0.2, -0.15) is 0 Å². The van der Waals surface area contributed by atoms with E-state index in [1.807, 2.05) is 0 Å². The van der Waals surface area contributed by atoms with Crippen LogP contribution in [0.1, 0.15) is 31.9 Å². The number of nitrogens with zero attached hydrogens (tertiary/aromatic N) is 3. The van der Waals surface area contributed by atoms with E-state index in [0.29, 0.717) is 0 Å². The number of nitrogen functional groups attached to an aromatic ring is 1. The molecule has 0 unspecified atom stereocenters. The maximum atomic E-state index is 13.2. The van der Waals surface area contributed by atoms with Gasteiger partial charge < -0.3 is 25.5 Å². The van der Waals surface area contributed by atoms with E-state index < -0.39 is 81.6 Å². The Morgan fingerprint density at radius 2 is 2.11 bits per heavy atom. The highest BCUT2D eigenvalue weighted by molar-refractivity contribution is 7.85. The van der Waals surface area contributed by atoms with Crippen LogP contribution in [0.4, 0.5) is 5.13 Å². The molecule has 1 aromatic heterocycles. The van der Waals surface area contributed by atoms with Crippen LogP contribution in [0.3, 0.4) is 0 Å². The van der Waals surface area contributed by atoms with Gasteiger partial charge >= 0.3 is 17.9 Å². The van der Waals surface area contributed by atoms with E-state index >= 15 is 0 Å². The number of β-lactam (4-membered cyclic amide) rings is 1. The monoisotopic (exact) mass is 562 g/mol. The summed E-state index contributed by atoms with van der Waals surface area (Å²) in [5.74, 6) is -7.87. The Bertz CT molecular complexity index is 1230. The zero-order chi connectivity index (χ0) is 26.5. The van der Waals surface area contributed by atoms with Crippen LogP contribution in [0, 0.1) is 11.8 Å². The molecule has 4 heterocycles. The van der Waals surface area contributed by atoms with Crippen molar-refractivity contribution in [3.05, 3.63) is 10.0 Å². The summed E-state index contributed by atoms with van der Waals surface area (Å²) in [6.45, 7) is 1.52. The number of carboxylic acid groups (broad SMARTS) is 2. The Balaban J connectivity index is 1.63. The van der Waals surface area contributed by atoms with Crippen molar-refractivity contribution in [2.45, 2.75) is 43.4 Å². The van der Waals surface area contributed by atoms with E-state index in [4.69, 9.17) is 26.9 Å². The number of carbonyl (C=O) groups is 5. The minimum atomic E-state index is -2.28. The largest absolute Gasteiger partial charge is 0.478 e. The lowest BCUT2D eigenvalue weighted by Gasteiger charge is -2.56. The average molecular weight is 563 g/mol. The number of Topliss-reactive ketones (excluding diaryl/α,β-unsaturated/α-hetero) is 1. The van der Waals surface area contributed by atoms with Gasteiger partial charge in [-0.3, -0.25) is 23.5 Å². The van der Waals surface area contributed by atoms with Crippen LogP contribution < -0.4 is 5.73 Å². The van der Waals surface area contributed by atoms with Gasteiger partial charge in [0.25, 0.3) is 5.72 Å². The van der Waals surface area contributed by atoms with Crippen LogP contribution >= 0.6 is 22.9 Å². The van der Waals surface area contributed by atoms with E-state index in [1.165, 1.54) is 6.92 Å². The predicted molar refractivity (Wildman–Crippen MR) is 122 cm³/mol. The Labute approximate surface area is 213 Å². The lowest BCUT2D eigenvalue weighted by molar-refractivity contribution is -0.220. The van der Waals surface area contributed by atoms with Crippen LogP contribution in [-0.2, 0) is 44.3 Å². The lowest BCUT2D eigenvalue weighted by atomic mass is 9.84. The number of aliphatic carboxylic acids is 2. The highest BCUT2D eigenvalue weighted by Gasteiger charge is 2.72. The van der Waals surface area contributed by atoms with Gasteiger partial charge in [-0.1, -0.05) is 35.0 Å². The number of ketones is 1. The van der Waals surface area contributed by atoms with Crippen LogP contribution in [0.5, 0.6) is 0 Å². The molecule has 0 bridgehead atoms. The number of hydrogen-bond acceptors (Lipinski definition) is 12. The first kappa shape index (κ1) is 26.0. The molecule has 1 aromatic rings. The molecule has 4 N–H and O–H groups in total. The second-order valence-corrected chi connectivity index (χ2v) is 11.4. The summed E-state index contributed by atoms with van der Waals surface area (Å²) in [5.41, 5.74) is 2.67. The van der Waals surface area contributed by atoms with Crippen LogP contribution in [-0.4, -0.2) is 82.6 Å². The fraction of sp³-hybridized carbons (Fsp3) is 0.526. The second kappa shape index (κ2) is 9.40. The minimum absolute atomic E-state index is 0.0154. The number of thiazole rings is 1. The molecular weight excluding hydrogens is 544 g/mol. The van der Waals surface area contributed by atoms with Gasteiger partial charge in [-0.05, 0) is 6.42 Å². The van der Waals surface area contributed by atoms with E-state index in [-0.39, 0.29) is 33.8 Å². The molecule has 0 spiro atoms. The number of anilines is 1. The molecule has 0 saturated carbocycles. The summed E-state index contributed by atoms with van der Waals surface area (Å²) in [6, 6.07) is 0. The SMILES string of the molecule is CC[C@H](O/N=C(\C(=O)C[C@@H]1C(=O)N2[C@@H]1[S@@](=O)C[C@@H]1CC(=O)O[C@@]12C(=O)O)c1nc(N)sc1Cl)C(=O)O. The summed E-state index contributed by atoms with van der Waals surface area (Å²) >= 11 is 6.93. The predicted octanol–water partition coefficient (Wildman–Crippen LogP) is -0.187. The first-order chi connectivity index (χ1) is 16.9. The first-order valence-electron chi connectivity index (χ1n) is 10.5. The molecule has 1 amide bonds. The van der Waals surface area contributed by atoms with Crippen molar-refractivity contribution in [2.24, 2.45) is 17.0 Å². The van der Waals surface area contributed by atoms with Crippen molar-refractivity contribution in [3.8, 4) is 0 Å². The number of nitrogens with two attached hydrogens (primary N) is 1. The zero-order valence-corrected chi connectivity index (χ0v) is 20.8. The topological polar surface area (TPSA) is 216 Å². The van der Waals surface area contributed by atoms with Crippen molar-refractivity contribution in [1.82, 2.24) is 9.88 Å². The Morgan fingerprint density at radius 3 is 2.67 bits per heavy atom. The summed E-state index contributed by atoms with van der Waals surface area (Å²) in [6.07, 6.45) is -2.28. The molecule has 3 aliphatic rings. The highest BCUT2D eigenvalue weighted by atomic mass is 35.5. The number of carbonyl (C=O) groups excluding carboxylic acids is 3. The van der Waals surface area contributed by atoms with Crippen LogP contribution in [0.2, 0.25) is 4.34 Å². The third-order valence-corrected chi connectivity index (χ3v) is 8.99. The third-order valence-electron chi connectivity index (χ3n) is 6.10. The number of halogens is 1. The van der Waals surface area contributed by atoms with Crippen molar-refractivity contribution in [3.63, 3.8) is 0 Å². The molecular formula is C19H19ClN4O10S2. The Hall–Kier alpha value is -3.11. The van der Waals surface area contributed by atoms with Gasteiger partial charge in [0.15, 0.2) is 16.6 Å². The number of carboxylic acids is 2. The molecule has 194 valence electrons. The summed E-state index contributed by atoms with van der Waals surface area (Å²) in [4.78, 5) is 71.2. The number of oxime groups is 1. The summed E-state index contributed by atoms with van der Waals surface area (Å²) in [7, 11) is -1.79. The van der Waals surface area contributed by atoms with E-state index in [1.54, 1.807) is 0 Å². The van der Waals surface area contributed by atoms with Crippen LogP contribution in [0.15, 0.2) is 5.16 Å². The number of esters is 1. The average Bonchev–Trinajstić information content (AvgIpc) is 3.30. The molecule has 0 radical (unpaired) electrons. The normalized spacial score (nSPS) is 30.1.